The van der Waals surface area contributed by atoms with Crippen molar-refractivity contribution in [1.82, 2.24) is 0 Å². The van der Waals surface area contributed by atoms with Crippen LogP contribution in [0, 0.1) is 17.8 Å². The minimum absolute atomic E-state index is 0.337. The normalized spacial score (nSPS) is 30.4. The fourth-order valence-electron chi connectivity index (χ4n) is 3.25. The second kappa shape index (κ2) is 8.35. The zero-order valence-electron chi connectivity index (χ0n) is 13.9. The molecule has 1 aliphatic carbocycles. The first-order chi connectivity index (χ1) is 9.35. The standard InChI is InChI=1S/C17H35NO2/c1-13(2)15-8-7-14(3)11-16(15)20-10-6-5-9-17(4,19)12-18/h13-16,19H,5-12,18H2,1-4H3. The molecule has 1 saturated carbocycles. The van der Waals surface area contributed by atoms with Crippen LogP contribution in [0.3, 0.4) is 0 Å². The second-order valence-corrected chi connectivity index (χ2v) is 7.39. The summed E-state index contributed by atoms with van der Waals surface area (Å²) in [5.74, 6) is 2.23. The average Bonchev–Trinajstić information content (AvgIpc) is 2.38. The Morgan fingerprint density at radius 3 is 2.60 bits per heavy atom. The number of hydrogen-bond donors (Lipinski definition) is 2. The number of unbranched alkanes of at least 4 members (excludes halogenated alkanes) is 1. The Hall–Kier alpha value is -0.120. The van der Waals surface area contributed by atoms with Gasteiger partial charge in [0.1, 0.15) is 0 Å². The summed E-state index contributed by atoms with van der Waals surface area (Å²) in [5, 5.41) is 9.85. The molecule has 3 N–H and O–H groups in total. The van der Waals surface area contributed by atoms with Crippen LogP contribution in [0.15, 0.2) is 0 Å². The Balaban J connectivity index is 2.25. The fraction of sp³-hybridized carbons (Fsp3) is 1.00. The predicted molar refractivity (Wildman–Crippen MR) is 84.6 cm³/mol. The van der Waals surface area contributed by atoms with Gasteiger partial charge in [-0.1, -0.05) is 27.2 Å². The maximum Gasteiger partial charge on any atom is 0.0741 e. The van der Waals surface area contributed by atoms with Crippen LogP contribution in [0.5, 0.6) is 0 Å². The van der Waals surface area contributed by atoms with Crippen molar-refractivity contribution in [1.29, 1.82) is 0 Å². The molecule has 0 saturated heterocycles. The van der Waals surface area contributed by atoms with E-state index < -0.39 is 5.60 Å². The summed E-state index contributed by atoms with van der Waals surface area (Å²) in [6, 6.07) is 0. The molecule has 0 aliphatic heterocycles. The van der Waals surface area contributed by atoms with E-state index in [9.17, 15) is 5.11 Å². The van der Waals surface area contributed by atoms with Gasteiger partial charge in [-0.05, 0) is 56.8 Å². The smallest absolute Gasteiger partial charge is 0.0741 e. The summed E-state index contributed by atoms with van der Waals surface area (Å²) in [6.07, 6.45) is 7.08. The Morgan fingerprint density at radius 2 is 2.00 bits per heavy atom. The zero-order chi connectivity index (χ0) is 15.2. The highest BCUT2D eigenvalue weighted by molar-refractivity contribution is 4.81. The lowest BCUT2D eigenvalue weighted by Gasteiger charge is -2.37. The van der Waals surface area contributed by atoms with E-state index in [2.05, 4.69) is 20.8 Å². The lowest BCUT2D eigenvalue weighted by molar-refractivity contribution is -0.0408. The minimum Gasteiger partial charge on any atom is -0.389 e. The van der Waals surface area contributed by atoms with E-state index in [0.29, 0.717) is 18.6 Å². The van der Waals surface area contributed by atoms with Crippen LogP contribution in [0.1, 0.15) is 66.2 Å². The fourth-order valence-corrected chi connectivity index (χ4v) is 3.25. The highest BCUT2D eigenvalue weighted by Crippen LogP contribution is 2.35. The Labute approximate surface area is 125 Å². The summed E-state index contributed by atoms with van der Waals surface area (Å²) in [7, 11) is 0. The first-order valence-corrected chi connectivity index (χ1v) is 8.40. The number of rotatable bonds is 8. The van der Waals surface area contributed by atoms with Gasteiger partial charge in [0.05, 0.1) is 11.7 Å². The van der Waals surface area contributed by atoms with Crippen LogP contribution in [0.25, 0.3) is 0 Å². The maximum absolute atomic E-state index is 9.85. The number of nitrogens with two attached hydrogens (primary N) is 1. The van der Waals surface area contributed by atoms with Crippen molar-refractivity contribution in [2.45, 2.75) is 77.9 Å². The predicted octanol–water partition coefficient (Wildman–Crippen LogP) is 3.34. The highest BCUT2D eigenvalue weighted by atomic mass is 16.5. The van der Waals surface area contributed by atoms with Crippen molar-refractivity contribution in [3.63, 3.8) is 0 Å². The molecule has 3 nitrogen and oxygen atoms in total. The molecule has 1 rings (SSSR count). The van der Waals surface area contributed by atoms with Gasteiger partial charge in [-0.15, -0.1) is 0 Å². The Bertz CT molecular complexity index is 266. The van der Waals surface area contributed by atoms with E-state index in [1.54, 1.807) is 0 Å². The molecule has 4 unspecified atom stereocenters. The summed E-state index contributed by atoms with van der Waals surface area (Å²) in [5.41, 5.74) is 4.81. The van der Waals surface area contributed by atoms with Gasteiger partial charge in [0.15, 0.2) is 0 Å². The number of aliphatic hydroxyl groups is 1. The van der Waals surface area contributed by atoms with Gasteiger partial charge in [-0.3, -0.25) is 0 Å². The van der Waals surface area contributed by atoms with Crippen molar-refractivity contribution in [3.8, 4) is 0 Å². The van der Waals surface area contributed by atoms with Crippen molar-refractivity contribution in [2.75, 3.05) is 13.2 Å². The molecule has 0 spiro atoms. The van der Waals surface area contributed by atoms with Crippen LogP contribution in [0.2, 0.25) is 0 Å². The first kappa shape index (κ1) is 17.9. The molecule has 1 fully saturated rings. The SMILES string of the molecule is CC1CCC(C(C)C)C(OCCCCC(C)(O)CN)C1. The van der Waals surface area contributed by atoms with Crippen LogP contribution in [-0.4, -0.2) is 30.0 Å². The van der Waals surface area contributed by atoms with E-state index in [0.717, 1.165) is 37.7 Å². The third-order valence-corrected chi connectivity index (χ3v) is 4.84. The third kappa shape index (κ3) is 6.11. The van der Waals surface area contributed by atoms with Gasteiger partial charge >= 0.3 is 0 Å². The molecule has 0 aromatic rings. The van der Waals surface area contributed by atoms with Gasteiger partial charge in [-0.2, -0.15) is 0 Å². The maximum atomic E-state index is 9.85. The first-order valence-electron chi connectivity index (χ1n) is 8.40. The summed E-state index contributed by atoms with van der Waals surface area (Å²) in [4.78, 5) is 0. The molecular formula is C17H35NO2. The van der Waals surface area contributed by atoms with Crippen molar-refractivity contribution >= 4 is 0 Å². The van der Waals surface area contributed by atoms with E-state index in [1.807, 2.05) is 6.92 Å². The highest BCUT2D eigenvalue weighted by Gasteiger charge is 2.31. The Morgan fingerprint density at radius 1 is 1.30 bits per heavy atom. The molecule has 3 heteroatoms. The van der Waals surface area contributed by atoms with Gasteiger partial charge in [-0.25, -0.2) is 0 Å². The molecule has 0 heterocycles. The molecule has 0 amide bonds. The molecule has 20 heavy (non-hydrogen) atoms. The van der Waals surface area contributed by atoms with Crippen molar-refractivity contribution < 1.29 is 9.84 Å². The van der Waals surface area contributed by atoms with Crippen LogP contribution >= 0.6 is 0 Å². The van der Waals surface area contributed by atoms with E-state index >= 15 is 0 Å². The van der Waals surface area contributed by atoms with Gasteiger partial charge in [0.25, 0.3) is 0 Å². The lowest BCUT2D eigenvalue weighted by atomic mass is 9.75. The average molecular weight is 285 g/mol. The molecule has 0 bridgehead atoms. The summed E-state index contributed by atoms with van der Waals surface area (Å²) >= 11 is 0. The monoisotopic (exact) mass is 285 g/mol. The molecule has 4 atom stereocenters. The number of hydrogen-bond acceptors (Lipinski definition) is 3. The Kier molecular flexibility index (Phi) is 7.49. The van der Waals surface area contributed by atoms with Gasteiger partial charge in [0.2, 0.25) is 0 Å². The topological polar surface area (TPSA) is 55.5 Å². The quantitative estimate of drug-likeness (QED) is 0.672. The third-order valence-electron chi connectivity index (χ3n) is 4.84. The van der Waals surface area contributed by atoms with Crippen molar-refractivity contribution in [3.05, 3.63) is 0 Å². The van der Waals surface area contributed by atoms with Crippen molar-refractivity contribution in [2.24, 2.45) is 23.5 Å². The lowest BCUT2D eigenvalue weighted by Crippen LogP contribution is -2.35. The molecule has 0 aromatic carbocycles. The second-order valence-electron chi connectivity index (χ2n) is 7.39. The molecule has 0 radical (unpaired) electrons. The number of ether oxygens (including phenoxy) is 1. The summed E-state index contributed by atoms with van der Waals surface area (Å²) in [6.45, 7) is 9.94. The molecule has 1 aliphatic rings. The minimum atomic E-state index is -0.709. The van der Waals surface area contributed by atoms with Crippen LogP contribution in [-0.2, 0) is 4.74 Å². The van der Waals surface area contributed by atoms with Crippen LogP contribution < -0.4 is 5.73 Å². The van der Waals surface area contributed by atoms with E-state index in [-0.39, 0.29) is 0 Å². The molecule has 120 valence electrons. The van der Waals surface area contributed by atoms with Gasteiger partial charge in [0, 0.05) is 13.2 Å². The molecule has 0 aromatic heterocycles. The largest absolute Gasteiger partial charge is 0.389 e. The zero-order valence-corrected chi connectivity index (χ0v) is 13.9. The van der Waals surface area contributed by atoms with E-state index in [1.165, 1.54) is 19.3 Å². The van der Waals surface area contributed by atoms with E-state index in [4.69, 9.17) is 10.5 Å². The van der Waals surface area contributed by atoms with Gasteiger partial charge < -0.3 is 15.6 Å². The summed E-state index contributed by atoms with van der Waals surface area (Å²) < 4.78 is 6.16. The van der Waals surface area contributed by atoms with Crippen LogP contribution in [0.4, 0.5) is 0 Å². The molecular weight excluding hydrogens is 250 g/mol.